The van der Waals surface area contributed by atoms with Gasteiger partial charge < -0.3 is 9.64 Å². The van der Waals surface area contributed by atoms with Gasteiger partial charge in [0.2, 0.25) is 5.95 Å². The maximum atomic E-state index is 14.9. The van der Waals surface area contributed by atoms with Crippen LogP contribution in [-0.2, 0) is 11.8 Å². The minimum atomic E-state index is -0.304. The number of rotatable bonds is 3. The minimum absolute atomic E-state index is 0.133. The first-order chi connectivity index (χ1) is 15.0. The minimum Gasteiger partial charge on any atom is -0.370 e. The Morgan fingerprint density at radius 1 is 1.10 bits per heavy atom. The van der Waals surface area contributed by atoms with Crippen LogP contribution in [0.4, 0.5) is 10.3 Å². The number of aryl methyl sites for hydroxylation is 3. The highest BCUT2D eigenvalue weighted by Gasteiger charge is 2.26. The largest absolute Gasteiger partial charge is 0.370 e. The van der Waals surface area contributed by atoms with E-state index in [1.165, 1.54) is 6.07 Å². The summed E-state index contributed by atoms with van der Waals surface area (Å²) in [5.41, 5.74) is 4.27. The van der Waals surface area contributed by atoms with Gasteiger partial charge in [-0.05, 0) is 43.7 Å². The number of hydrogen-bond acceptors (Lipinski definition) is 6. The summed E-state index contributed by atoms with van der Waals surface area (Å²) in [6.07, 6.45) is 3.63. The molecule has 8 heteroatoms. The Bertz CT molecular complexity index is 1270. The molecule has 1 aromatic carbocycles. The molecule has 1 aliphatic heterocycles. The van der Waals surface area contributed by atoms with E-state index in [4.69, 9.17) is 14.7 Å². The van der Waals surface area contributed by atoms with Gasteiger partial charge in [-0.1, -0.05) is 6.07 Å². The van der Waals surface area contributed by atoms with Crippen molar-refractivity contribution in [2.24, 2.45) is 7.05 Å². The van der Waals surface area contributed by atoms with Crippen molar-refractivity contribution >= 4 is 17.0 Å². The van der Waals surface area contributed by atoms with Crippen LogP contribution in [0.25, 0.3) is 22.3 Å². The van der Waals surface area contributed by atoms with Gasteiger partial charge >= 0.3 is 0 Å². The standard InChI is InChI=1S/C23H23FN6O/c1-14-4-6-17(19(24)10-14)21-18-7-5-15(2)26-22(18)28-23(27-21)30-8-9-31-20(13-30)16-11-25-29(3)12-16/h4-7,10-12,20H,8-9,13H2,1-3H3/t20-/m1/s1. The molecule has 4 aromatic rings. The second kappa shape index (κ2) is 7.70. The summed E-state index contributed by atoms with van der Waals surface area (Å²) in [5, 5.41) is 4.98. The van der Waals surface area contributed by atoms with Gasteiger partial charge in [0.25, 0.3) is 0 Å². The molecule has 0 N–H and O–H groups in total. The van der Waals surface area contributed by atoms with Crippen LogP contribution in [0.2, 0.25) is 0 Å². The average Bonchev–Trinajstić information content (AvgIpc) is 3.19. The lowest BCUT2D eigenvalue weighted by Gasteiger charge is -2.32. The molecule has 158 valence electrons. The van der Waals surface area contributed by atoms with E-state index in [1.807, 2.05) is 51.5 Å². The van der Waals surface area contributed by atoms with Crippen molar-refractivity contribution in [3.8, 4) is 11.3 Å². The van der Waals surface area contributed by atoms with Crippen LogP contribution < -0.4 is 4.90 Å². The van der Waals surface area contributed by atoms with Crippen molar-refractivity contribution in [1.29, 1.82) is 0 Å². The third kappa shape index (κ3) is 3.74. The van der Waals surface area contributed by atoms with Crippen LogP contribution in [0.1, 0.15) is 22.9 Å². The lowest BCUT2D eigenvalue weighted by molar-refractivity contribution is 0.0392. The van der Waals surface area contributed by atoms with Crippen LogP contribution in [-0.4, -0.2) is 44.4 Å². The molecule has 0 amide bonds. The van der Waals surface area contributed by atoms with Crippen LogP contribution >= 0.6 is 0 Å². The summed E-state index contributed by atoms with van der Waals surface area (Å²) < 4.78 is 22.6. The lowest BCUT2D eigenvalue weighted by Crippen LogP contribution is -2.39. The number of aromatic nitrogens is 5. The van der Waals surface area contributed by atoms with Crippen molar-refractivity contribution in [1.82, 2.24) is 24.7 Å². The molecule has 1 atom stereocenters. The van der Waals surface area contributed by atoms with Gasteiger partial charge in [0.15, 0.2) is 5.65 Å². The molecule has 1 fully saturated rings. The fourth-order valence-corrected chi connectivity index (χ4v) is 3.89. The molecule has 0 spiro atoms. The second-order valence-electron chi connectivity index (χ2n) is 7.93. The molecule has 1 aliphatic rings. The van der Waals surface area contributed by atoms with Crippen molar-refractivity contribution in [3.63, 3.8) is 0 Å². The number of hydrogen-bond donors (Lipinski definition) is 0. The fraction of sp³-hybridized carbons (Fsp3) is 0.304. The molecule has 3 aromatic heterocycles. The number of halogens is 1. The first-order valence-corrected chi connectivity index (χ1v) is 10.2. The normalized spacial score (nSPS) is 16.8. The quantitative estimate of drug-likeness (QED) is 0.505. The molecule has 31 heavy (non-hydrogen) atoms. The zero-order valence-corrected chi connectivity index (χ0v) is 17.7. The summed E-state index contributed by atoms with van der Waals surface area (Å²) in [5.74, 6) is 0.222. The molecule has 0 bridgehead atoms. The maximum absolute atomic E-state index is 14.9. The molecular formula is C23H23FN6O. The number of morpholine rings is 1. The number of benzene rings is 1. The van der Waals surface area contributed by atoms with E-state index in [9.17, 15) is 4.39 Å². The zero-order valence-electron chi connectivity index (χ0n) is 17.7. The predicted octanol–water partition coefficient (Wildman–Crippen LogP) is 3.76. The van der Waals surface area contributed by atoms with Gasteiger partial charge in [0.05, 0.1) is 25.0 Å². The average molecular weight is 418 g/mol. The highest BCUT2D eigenvalue weighted by Crippen LogP contribution is 2.31. The summed E-state index contributed by atoms with van der Waals surface area (Å²) >= 11 is 0. The summed E-state index contributed by atoms with van der Waals surface area (Å²) in [6.45, 7) is 5.55. The Kier molecular flexibility index (Phi) is 4.86. The van der Waals surface area contributed by atoms with Crippen LogP contribution in [0, 0.1) is 19.7 Å². The van der Waals surface area contributed by atoms with Crippen molar-refractivity contribution in [3.05, 3.63) is 65.4 Å². The Hall–Kier alpha value is -3.39. The Labute approximate surface area is 179 Å². The molecule has 7 nitrogen and oxygen atoms in total. The molecule has 1 saturated heterocycles. The monoisotopic (exact) mass is 418 g/mol. The number of nitrogens with zero attached hydrogens (tertiary/aromatic N) is 6. The molecule has 0 unspecified atom stereocenters. The van der Waals surface area contributed by atoms with Crippen LogP contribution in [0.5, 0.6) is 0 Å². The Morgan fingerprint density at radius 3 is 2.74 bits per heavy atom. The number of pyridine rings is 1. The SMILES string of the molecule is Cc1ccc(-c2nc(N3CCO[C@@H](c4cnn(C)c4)C3)nc3nc(C)ccc23)c(F)c1. The third-order valence-corrected chi connectivity index (χ3v) is 5.51. The van der Waals surface area contributed by atoms with Crippen LogP contribution in [0.3, 0.4) is 0 Å². The fourth-order valence-electron chi connectivity index (χ4n) is 3.89. The van der Waals surface area contributed by atoms with E-state index in [1.54, 1.807) is 10.7 Å². The number of fused-ring (bicyclic) bond motifs is 1. The van der Waals surface area contributed by atoms with Gasteiger partial charge in [-0.3, -0.25) is 4.68 Å². The van der Waals surface area contributed by atoms with E-state index in [0.717, 1.165) is 22.2 Å². The summed E-state index contributed by atoms with van der Waals surface area (Å²) in [6, 6.07) is 8.99. The van der Waals surface area contributed by atoms with E-state index in [0.29, 0.717) is 42.5 Å². The van der Waals surface area contributed by atoms with E-state index >= 15 is 0 Å². The molecule has 0 saturated carbocycles. The van der Waals surface area contributed by atoms with Crippen molar-refractivity contribution in [2.45, 2.75) is 20.0 Å². The summed E-state index contributed by atoms with van der Waals surface area (Å²) in [4.78, 5) is 16.2. The van der Waals surface area contributed by atoms with Gasteiger partial charge in [-0.2, -0.15) is 10.1 Å². The highest BCUT2D eigenvalue weighted by atomic mass is 19.1. The van der Waals surface area contributed by atoms with Gasteiger partial charge in [0, 0.05) is 42.0 Å². The van der Waals surface area contributed by atoms with Gasteiger partial charge in [0.1, 0.15) is 11.9 Å². The van der Waals surface area contributed by atoms with E-state index < -0.39 is 0 Å². The molecule has 5 rings (SSSR count). The lowest BCUT2D eigenvalue weighted by atomic mass is 10.1. The molecule has 0 radical (unpaired) electrons. The summed E-state index contributed by atoms with van der Waals surface area (Å²) in [7, 11) is 1.88. The van der Waals surface area contributed by atoms with Gasteiger partial charge in [-0.25, -0.2) is 14.4 Å². The molecular weight excluding hydrogens is 395 g/mol. The zero-order chi connectivity index (χ0) is 21.5. The first kappa shape index (κ1) is 19.6. The second-order valence-corrected chi connectivity index (χ2v) is 7.93. The Morgan fingerprint density at radius 2 is 1.97 bits per heavy atom. The predicted molar refractivity (Wildman–Crippen MR) is 116 cm³/mol. The molecule has 4 heterocycles. The van der Waals surface area contributed by atoms with Crippen LogP contribution in [0.15, 0.2) is 42.7 Å². The first-order valence-electron chi connectivity index (χ1n) is 10.2. The Balaban J connectivity index is 1.60. The topological polar surface area (TPSA) is 69.0 Å². The maximum Gasteiger partial charge on any atom is 0.228 e. The van der Waals surface area contributed by atoms with Gasteiger partial charge in [-0.15, -0.1) is 0 Å². The number of ether oxygens (including phenoxy) is 1. The number of anilines is 1. The van der Waals surface area contributed by atoms with Crippen molar-refractivity contribution < 1.29 is 9.13 Å². The van der Waals surface area contributed by atoms with E-state index in [2.05, 4.69) is 15.0 Å². The third-order valence-electron chi connectivity index (χ3n) is 5.51. The highest BCUT2D eigenvalue weighted by molar-refractivity contribution is 5.91. The smallest absolute Gasteiger partial charge is 0.228 e. The molecule has 0 aliphatic carbocycles. The van der Waals surface area contributed by atoms with E-state index in [-0.39, 0.29) is 11.9 Å². The van der Waals surface area contributed by atoms with Crippen molar-refractivity contribution in [2.75, 3.05) is 24.6 Å².